The molecule has 0 unspecified atom stereocenters. The first-order valence-corrected chi connectivity index (χ1v) is 9.18. The summed E-state index contributed by atoms with van der Waals surface area (Å²) in [6, 6.07) is 20.5. The number of anilines is 2. The number of rotatable bonds is 4. The molecule has 0 atom stereocenters. The number of hydrogen-bond donors (Lipinski definition) is 3. The van der Waals surface area contributed by atoms with E-state index in [1.54, 1.807) is 41.3 Å². The van der Waals surface area contributed by atoms with Crippen molar-refractivity contribution >= 4 is 45.5 Å². The van der Waals surface area contributed by atoms with E-state index in [0.29, 0.717) is 10.8 Å². The van der Waals surface area contributed by atoms with Crippen LogP contribution < -0.4 is 16.1 Å². The zero-order chi connectivity index (χ0) is 20.2. The molecule has 6 nitrogen and oxygen atoms in total. The van der Waals surface area contributed by atoms with Crippen LogP contribution in [-0.4, -0.2) is 20.9 Å². The number of carbonyl (C=O) groups is 1. The number of benzene rings is 3. The van der Waals surface area contributed by atoms with Crippen LogP contribution in [-0.2, 0) is 0 Å². The molecule has 29 heavy (non-hydrogen) atoms. The second kappa shape index (κ2) is 8.07. The maximum absolute atomic E-state index is 13.7. The summed E-state index contributed by atoms with van der Waals surface area (Å²) in [4.78, 5) is 13.8. The molecule has 144 valence electrons. The van der Waals surface area contributed by atoms with Gasteiger partial charge in [-0.2, -0.15) is 9.89 Å². The zero-order valence-corrected chi connectivity index (χ0v) is 15.9. The Kier molecular flexibility index (Phi) is 5.17. The molecule has 0 aliphatic carbocycles. The number of nitrogens with zero attached hydrogens (tertiary/aromatic N) is 2. The number of nitrogens with one attached hydrogen (secondary N) is 3. The third kappa shape index (κ3) is 4.22. The first-order chi connectivity index (χ1) is 14.1. The van der Waals surface area contributed by atoms with Crippen molar-refractivity contribution in [2.75, 3.05) is 16.1 Å². The van der Waals surface area contributed by atoms with Crippen LogP contribution in [0.5, 0.6) is 0 Å². The number of hydrogen-bond acceptors (Lipinski definition) is 3. The predicted octanol–water partition coefficient (Wildman–Crippen LogP) is 4.37. The number of halogens is 1. The number of thiocarbonyl (C=S) groups is 1. The van der Waals surface area contributed by atoms with E-state index in [1.165, 1.54) is 18.2 Å². The quantitative estimate of drug-likeness (QED) is 0.440. The van der Waals surface area contributed by atoms with Crippen LogP contribution in [0.15, 0.2) is 79.0 Å². The second-order valence-electron chi connectivity index (χ2n) is 6.19. The molecule has 1 heterocycles. The standard InChI is InChI=1S/C21H16FN5OS/c22-18-7-3-2-6-17(18)20(28)24-15-9-11-16(12-10-15)25-21(29)26-27-19-8-4-1-5-14(19)13-23-27/h1-13H,(H,24,28)(H2,25,26,29). The largest absolute Gasteiger partial charge is 0.331 e. The highest BCUT2D eigenvalue weighted by atomic mass is 32.1. The van der Waals surface area contributed by atoms with Gasteiger partial charge in [0.25, 0.3) is 5.91 Å². The molecule has 0 aliphatic rings. The first-order valence-electron chi connectivity index (χ1n) is 8.77. The van der Waals surface area contributed by atoms with Gasteiger partial charge in [-0.1, -0.05) is 30.3 Å². The van der Waals surface area contributed by atoms with Crippen LogP contribution in [0.3, 0.4) is 0 Å². The van der Waals surface area contributed by atoms with Gasteiger partial charge in [0.05, 0.1) is 17.3 Å². The van der Waals surface area contributed by atoms with Crippen LogP contribution >= 0.6 is 12.2 Å². The third-order valence-electron chi connectivity index (χ3n) is 4.20. The second-order valence-corrected chi connectivity index (χ2v) is 6.60. The molecule has 1 aromatic heterocycles. The maximum atomic E-state index is 13.7. The highest BCUT2D eigenvalue weighted by Gasteiger charge is 2.11. The fourth-order valence-electron chi connectivity index (χ4n) is 2.80. The van der Waals surface area contributed by atoms with Gasteiger partial charge in [0.2, 0.25) is 0 Å². The topological polar surface area (TPSA) is 71.0 Å². The molecule has 0 fully saturated rings. The van der Waals surface area contributed by atoms with Crippen molar-refractivity contribution < 1.29 is 9.18 Å². The lowest BCUT2D eigenvalue weighted by molar-refractivity contribution is 0.102. The summed E-state index contributed by atoms with van der Waals surface area (Å²) in [6.45, 7) is 0. The van der Waals surface area contributed by atoms with E-state index in [-0.39, 0.29) is 5.56 Å². The highest BCUT2D eigenvalue weighted by molar-refractivity contribution is 7.80. The Morgan fingerprint density at radius 1 is 0.897 bits per heavy atom. The van der Waals surface area contributed by atoms with Gasteiger partial charge < -0.3 is 10.6 Å². The van der Waals surface area contributed by atoms with Gasteiger partial charge in [-0.25, -0.2) is 4.39 Å². The van der Waals surface area contributed by atoms with Gasteiger partial charge in [-0.15, -0.1) is 0 Å². The van der Waals surface area contributed by atoms with E-state index < -0.39 is 11.7 Å². The summed E-state index contributed by atoms with van der Waals surface area (Å²) < 4.78 is 13.7. The number of para-hydroxylation sites is 1. The molecule has 0 spiro atoms. The summed E-state index contributed by atoms with van der Waals surface area (Å²) in [5, 5.41) is 11.3. The van der Waals surface area contributed by atoms with Crippen molar-refractivity contribution in [3.63, 3.8) is 0 Å². The van der Waals surface area contributed by atoms with Gasteiger partial charge in [-0.3, -0.25) is 10.2 Å². The van der Waals surface area contributed by atoms with Crippen molar-refractivity contribution in [3.8, 4) is 0 Å². The molecule has 3 aromatic carbocycles. The SMILES string of the molecule is O=C(Nc1ccc(NC(=S)Nn2ncc3ccccc32)cc1)c1ccccc1F. The fourth-order valence-corrected chi connectivity index (χ4v) is 3.00. The minimum Gasteiger partial charge on any atom is -0.331 e. The summed E-state index contributed by atoms with van der Waals surface area (Å²) in [5.41, 5.74) is 5.17. The van der Waals surface area contributed by atoms with Gasteiger partial charge in [0.1, 0.15) is 5.82 Å². The molecular weight excluding hydrogens is 389 g/mol. The molecule has 0 saturated heterocycles. The van der Waals surface area contributed by atoms with Crippen LogP contribution in [0.2, 0.25) is 0 Å². The Morgan fingerprint density at radius 2 is 1.55 bits per heavy atom. The summed E-state index contributed by atoms with van der Waals surface area (Å²) in [5.74, 6) is -1.07. The van der Waals surface area contributed by atoms with Crippen LogP contribution in [0.4, 0.5) is 15.8 Å². The number of carbonyl (C=O) groups excluding carboxylic acids is 1. The normalized spacial score (nSPS) is 10.5. The molecule has 1 amide bonds. The number of fused-ring (bicyclic) bond motifs is 1. The monoisotopic (exact) mass is 405 g/mol. The predicted molar refractivity (Wildman–Crippen MR) is 116 cm³/mol. The molecule has 3 N–H and O–H groups in total. The van der Waals surface area contributed by atoms with Crippen LogP contribution in [0.25, 0.3) is 10.9 Å². The Hall–Kier alpha value is -3.78. The van der Waals surface area contributed by atoms with Crippen LogP contribution in [0.1, 0.15) is 10.4 Å². The number of aromatic nitrogens is 2. The Morgan fingerprint density at radius 3 is 2.31 bits per heavy atom. The van der Waals surface area contributed by atoms with Crippen molar-refractivity contribution in [1.29, 1.82) is 0 Å². The lowest BCUT2D eigenvalue weighted by atomic mass is 10.2. The van der Waals surface area contributed by atoms with E-state index in [0.717, 1.165) is 16.6 Å². The van der Waals surface area contributed by atoms with Crippen molar-refractivity contribution in [3.05, 3.63) is 90.4 Å². The average Bonchev–Trinajstić information content (AvgIpc) is 3.12. The van der Waals surface area contributed by atoms with E-state index in [4.69, 9.17) is 12.2 Å². The molecule has 4 rings (SSSR count). The zero-order valence-electron chi connectivity index (χ0n) is 15.1. The number of amides is 1. The molecule has 0 radical (unpaired) electrons. The Bertz CT molecular complexity index is 1190. The van der Waals surface area contributed by atoms with Gasteiger partial charge in [-0.05, 0) is 54.7 Å². The van der Waals surface area contributed by atoms with Crippen molar-refractivity contribution in [1.82, 2.24) is 9.89 Å². The molecular formula is C21H16FN5OS. The summed E-state index contributed by atoms with van der Waals surface area (Å²) >= 11 is 5.33. The smallest absolute Gasteiger partial charge is 0.258 e. The lowest BCUT2D eigenvalue weighted by Gasteiger charge is -2.12. The van der Waals surface area contributed by atoms with Crippen molar-refractivity contribution in [2.24, 2.45) is 0 Å². The summed E-state index contributed by atoms with van der Waals surface area (Å²) in [6.07, 6.45) is 1.75. The Balaban J connectivity index is 1.38. The van der Waals surface area contributed by atoms with Crippen molar-refractivity contribution in [2.45, 2.75) is 0 Å². The lowest BCUT2D eigenvalue weighted by Crippen LogP contribution is -2.28. The highest BCUT2D eigenvalue weighted by Crippen LogP contribution is 2.16. The molecule has 4 aromatic rings. The van der Waals surface area contributed by atoms with Gasteiger partial charge in [0.15, 0.2) is 5.11 Å². The summed E-state index contributed by atoms with van der Waals surface area (Å²) in [7, 11) is 0. The van der Waals surface area contributed by atoms with E-state index >= 15 is 0 Å². The molecule has 8 heteroatoms. The minimum absolute atomic E-state index is 0.00784. The fraction of sp³-hybridized carbons (Fsp3) is 0. The minimum atomic E-state index is -0.564. The van der Waals surface area contributed by atoms with E-state index in [1.807, 2.05) is 24.3 Å². The molecule has 0 aliphatic heterocycles. The van der Waals surface area contributed by atoms with E-state index in [9.17, 15) is 9.18 Å². The third-order valence-corrected chi connectivity index (χ3v) is 4.40. The average molecular weight is 405 g/mol. The molecule has 0 bridgehead atoms. The van der Waals surface area contributed by atoms with Gasteiger partial charge in [0, 0.05) is 16.8 Å². The first kappa shape index (κ1) is 18.6. The van der Waals surface area contributed by atoms with Crippen LogP contribution in [0, 0.1) is 5.82 Å². The maximum Gasteiger partial charge on any atom is 0.258 e. The van der Waals surface area contributed by atoms with Gasteiger partial charge >= 0.3 is 0 Å². The van der Waals surface area contributed by atoms with E-state index in [2.05, 4.69) is 21.2 Å². The molecule has 0 saturated carbocycles. The Labute approximate surface area is 171 Å².